The fourth-order valence-electron chi connectivity index (χ4n) is 5.68. The Morgan fingerprint density at radius 3 is 2.44 bits per heavy atom. The number of piperidine rings is 2. The Balaban J connectivity index is 1.59. The van der Waals surface area contributed by atoms with Gasteiger partial charge in [0.15, 0.2) is 0 Å². The lowest BCUT2D eigenvalue weighted by Crippen LogP contribution is -2.63. The third kappa shape index (κ3) is 5.19. The third-order valence-corrected chi connectivity index (χ3v) is 7.57. The number of carbonyl (C=O) groups excluding carboxylic acids is 3. The van der Waals surface area contributed by atoms with Crippen LogP contribution in [0.3, 0.4) is 0 Å². The third-order valence-electron chi connectivity index (χ3n) is 7.57. The minimum Gasteiger partial charge on any atom is -0.494 e. The van der Waals surface area contributed by atoms with Crippen molar-refractivity contribution in [2.24, 2.45) is 5.73 Å². The zero-order chi connectivity index (χ0) is 25.7. The summed E-state index contributed by atoms with van der Waals surface area (Å²) in [6.07, 6.45) is 4.58. The molecule has 10 nitrogen and oxygen atoms in total. The van der Waals surface area contributed by atoms with E-state index in [-0.39, 0.29) is 5.91 Å². The number of rotatable bonds is 8. The number of hydrogen-bond acceptors (Lipinski definition) is 7. The molecule has 2 saturated heterocycles. The summed E-state index contributed by atoms with van der Waals surface area (Å²) in [6, 6.07) is 6.23. The number of likely N-dealkylation sites (tertiary alicyclic amines) is 2. The highest BCUT2D eigenvalue weighted by Crippen LogP contribution is 2.35. The molecule has 0 unspecified atom stereocenters. The van der Waals surface area contributed by atoms with Crippen molar-refractivity contribution in [3.63, 3.8) is 0 Å². The van der Waals surface area contributed by atoms with Crippen molar-refractivity contribution < 1.29 is 23.9 Å². The number of carbonyl (C=O) groups is 3. The van der Waals surface area contributed by atoms with E-state index in [1.807, 2.05) is 31.2 Å². The average Bonchev–Trinajstić information content (AvgIpc) is 2.89. The van der Waals surface area contributed by atoms with Gasteiger partial charge < -0.3 is 25.8 Å². The Bertz CT molecular complexity index is 1010. The van der Waals surface area contributed by atoms with Gasteiger partial charge in [-0.05, 0) is 51.8 Å². The fourth-order valence-corrected chi connectivity index (χ4v) is 5.68. The summed E-state index contributed by atoms with van der Waals surface area (Å²) < 4.78 is 10.9. The molecular weight excluding hydrogens is 462 g/mol. The minimum atomic E-state index is -0.716. The summed E-state index contributed by atoms with van der Waals surface area (Å²) in [4.78, 5) is 42.7. The van der Waals surface area contributed by atoms with Gasteiger partial charge >= 0.3 is 12.0 Å². The molecule has 1 aromatic carbocycles. The lowest BCUT2D eigenvalue weighted by atomic mass is 9.83. The van der Waals surface area contributed by atoms with Gasteiger partial charge in [0.25, 0.3) is 0 Å². The molecule has 36 heavy (non-hydrogen) atoms. The lowest BCUT2D eigenvalue weighted by Gasteiger charge is -2.48. The molecule has 3 aliphatic heterocycles. The Morgan fingerprint density at radius 2 is 1.81 bits per heavy atom. The first-order valence-corrected chi connectivity index (χ1v) is 12.8. The van der Waals surface area contributed by atoms with Gasteiger partial charge in [0, 0.05) is 30.9 Å². The largest absolute Gasteiger partial charge is 0.494 e. The van der Waals surface area contributed by atoms with Crippen LogP contribution in [-0.2, 0) is 14.3 Å². The molecule has 1 aromatic rings. The van der Waals surface area contributed by atoms with Crippen molar-refractivity contribution in [1.29, 1.82) is 0 Å². The molecule has 0 saturated carbocycles. The molecule has 3 aliphatic rings. The highest BCUT2D eigenvalue weighted by molar-refractivity contribution is 5.95. The van der Waals surface area contributed by atoms with Crippen molar-refractivity contribution in [2.45, 2.75) is 50.6 Å². The molecule has 0 aromatic heterocycles. The number of methoxy groups -OCH3 is 1. The van der Waals surface area contributed by atoms with E-state index in [0.29, 0.717) is 61.7 Å². The van der Waals surface area contributed by atoms with Crippen LogP contribution < -0.4 is 21.1 Å². The highest BCUT2D eigenvalue weighted by atomic mass is 16.5. The van der Waals surface area contributed by atoms with Gasteiger partial charge in [-0.15, -0.1) is 0 Å². The standard InChI is InChI=1S/C26H37N5O5/c1-3-36-20-10-6-5-9-18(20)22-21(23(32)35-2)19(28-25(34)29-22)17-30-15-11-26(12-16-30,24(27)33)31-13-7-4-8-14-31/h5-6,9-10,22H,3-4,7-8,11-17H2,1-2H3,(H2,27,33)(H2,28,29,34)/t22-/m0/s1. The number of hydrogen-bond donors (Lipinski definition) is 3. The number of nitrogens with two attached hydrogens (primary N) is 1. The Labute approximate surface area is 212 Å². The lowest BCUT2D eigenvalue weighted by molar-refractivity contribution is -0.136. The van der Waals surface area contributed by atoms with E-state index in [4.69, 9.17) is 15.2 Å². The molecule has 10 heteroatoms. The van der Waals surface area contributed by atoms with Gasteiger partial charge in [-0.2, -0.15) is 0 Å². The first-order valence-electron chi connectivity index (χ1n) is 12.8. The van der Waals surface area contributed by atoms with Gasteiger partial charge in [0.1, 0.15) is 11.3 Å². The van der Waals surface area contributed by atoms with Crippen molar-refractivity contribution in [1.82, 2.24) is 20.4 Å². The topological polar surface area (TPSA) is 126 Å². The monoisotopic (exact) mass is 499 g/mol. The predicted octanol–water partition coefficient (Wildman–Crippen LogP) is 1.67. The quantitative estimate of drug-likeness (QED) is 0.465. The zero-order valence-electron chi connectivity index (χ0n) is 21.2. The number of para-hydroxylation sites is 1. The van der Waals surface area contributed by atoms with Gasteiger partial charge in [0.05, 0.1) is 25.3 Å². The smallest absolute Gasteiger partial charge is 0.338 e. The Hall–Kier alpha value is -3.11. The maximum absolute atomic E-state index is 13.0. The van der Waals surface area contributed by atoms with Gasteiger partial charge in [-0.3, -0.25) is 14.6 Å². The highest BCUT2D eigenvalue weighted by Gasteiger charge is 2.45. The number of primary amides is 1. The molecule has 0 aliphatic carbocycles. The molecule has 1 atom stereocenters. The van der Waals surface area contributed by atoms with Crippen LogP contribution in [0.1, 0.15) is 50.6 Å². The molecule has 3 amide bonds. The van der Waals surface area contributed by atoms with Crippen molar-refractivity contribution in [3.8, 4) is 5.75 Å². The number of nitrogens with zero attached hydrogens (tertiary/aromatic N) is 2. The number of benzene rings is 1. The number of ether oxygens (including phenoxy) is 2. The van der Waals surface area contributed by atoms with Crippen molar-refractivity contribution in [3.05, 3.63) is 41.1 Å². The van der Waals surface area contributed by atoms with E-state index < -0.39 is 23.6 Å². The maximum Gasteiger partial charge on any atom is 0.338 e. The molecule has 0 radical (unpaired) electrons. The van der Waals surface area contributed by atoms with Crippen LogP contribution in [0.25, 0.3) is 0 Å². The Kier molecular flexibility index (Phi) is 8.15. The number of urea groups is 1. The summed E-state index contributed by atoms with van der Waals surface area (Å²) >= 11 is 0. The summed E-state index contributed by atoms with van der Waals surface area (Å²) in [6.45, 7) is 5.72. The second-order valence-corrected chi connectivity index (χ2v) is 9.61. The van der Waals surface area contributed by atoms with E-state index in [1.165, 1.54) is 13.5 Å². The van der Waals surface area contributed by atoms with Gasteiger partial charge in [-0.1, -0.05) is 24.6 Å². The molecule has 196 valence electrons. The van der Waals surface area contributed by atoms with Crippen LogP contribution >= 0.6 is 0 Å². The van der Waals surface area contributed by atoms with Crippen molar-refractivity contribution in [2.75, 3.05) is 46.4 Å². The van der Waals surface area contributed by atoms with Crippen LogP contribution in [0.4, 0.5) is 4.79 Å². The van der Waals surface area contributed by atoms with Gasteiger partial charge in [0.2, 0.25) is 5.91 Å². The van der Waals surface area contributed by atoms with Crippen LogP contribution in [0.5, 0.6) is 5.75 Å². The molecule has 4 N–H and O–H groups in total. The predicted molar refractivity (Wildman–Crippen MR) is 134 cm³/mol. The summed E-state index contributed by atoms with van der Waals surface area (Å²) in [7, 11) is 1.33. The summed E-state index contributed by atoms with van der Waals surface area (Å²) in [5, 5.41) is 5.69. The van der Waals surface area contributed by atoms with Crippen molar-refractivity contribution >= 4 is 17.9 Å². The van der Waals surface area contributed by atoms with E-state index in [9.17, 15) is 14.4 Å². The summed E-state index contributed by atoms with van der Waals surface area (Å²) in [5.74, 6) is -0.189. The second kappa shape index (κ2) is 11.3. The number of nitrogens with one attached hydrogen (secondary N) is 2. The maximum atomic E-state index is 13.0. The van der Waals surface area contributed by atoms with E-state index >= 15 is 0 Å². The first kappa shape index (κ1) is 26.0. The molecular formula is C26H37N5O5. The van der Waals surface area contributed by atoms with Crippen LogP contribution in [-0.4, -0.2) is 79.7 Å². The second-order valence-electron chi connectivity index (χ2n) is 9.61. The van der Waals surface area contributed by atoms with Crippen LogP contribution in [0.15, 0.2) is 35.5 Å². The van der Waals surface area contributed by atoms with E-state index in [2.05, 4.69) is 20.4 Å². The molecule has 4 rings (SSSR count). The fraction of sp³-hybridized carbons (Fsp3) is 0.577. The molecule has 0 spiro atoms. The molecule has 2 fully saturated rings. The molecule has 0 bridgehead atoms. The van der Waals surface area contributed by atoms with E-state index in [1.54, 1.807) is 0 Å². The van der Waals surface area contributed by atoms with Gasteiger partial charge in [-0.25, -0.2) is 9.59 Å². The first-order chi connectivity index (χ1) is 17.4. The normalized spacial score (nSPS) is 22.9. The van der Waals surface area contributed by atoms with Crippen LogP contribution in [0, 0.1) is 0 Å². The average molecular weight is 500 g/mol. The summed E-state index contributed by atoms with van der Waals surface area (Å²) in [5.41, 5.74) is 6.82. The molecule has 3 heterocycles. The Morgan fingerprint density at radius 1 is 1.11 bits per heavy atom. The zero-order valence-corrected chi connectivity index (χ0v) is 21.2. The van der Waals surface area contributed by atoms with E-state index in [0.717, 1.165) is 25.9 Å². The number of esters is 1. The van der Waals surface area contributed by atoms with Crippen LogP contribution in [0.2, 0.25) is 0 Å². The SMILES string of the molecule is CCOc1ccccc1[C@@H]1NC(=O)NC(CN2CCC(C(N)=O)(N3CCCCC3)CC2)=C1C(=O)OC. The number of amides is 3. The minimum absolute atomic E-state index is 0.263.